The second-order valence-electron chi connectivity index (χ2n) is 10.3. The minimum atomic E-state index is 0.0453. The summed E-state index contributed by atoms with van der Waals surface area (Å²) in [6.07, 6.45) is 20.9. The van der Waals surface area contributed by atoms with E-state index in [9.17, 15) is 4.79 Å². The molecule has 1 amide bonds. The molecule has 0 saturated heterocycles. The monoisotopic (exact) mass is 508 g/mol. The number of rotatable bonds is 23. The van der Waals surface area contributed by atoms with Gasteiger partial charge in [0, 0.05) is 18.3 Å². The Kier molecular flexibility index (Phi) is 17.9. The highest BCUT2D eigenvalue weighted by Crippen LogP contribution is 2.18. The first-order chi connectivity index (χ1) is 18.3. The van der Waals surface area contributed by atoms with E-state index < -0.39 is 0 Å². The highest BCUT2D eigenvalue weighted by molar-refractivity contribution is 5.80. The quantitative estimate of drug-likeness (QED) is 0.148. The smallest absolute Gasteiger partial charge is 0.239 e. The van der Waals surface area contributed by atoms with E-state index in [1.807, 2.05) is 30.3 Å². The van der Waals surface area contributed by atoms with Gasteiger partial charge in [0.2, 0.25) is 5.91 Å². The Balaban J connectivity index is 1.40. The summed E-state index contributed by atoms with van der Waals surface area (Å²) in [7, 11) is 0. The van der Waals surface area contributed by atoms with Crippen molar-refractivity contribution in [1.82, 2.24) is 5.32 Å². The van der Waals surface area contributed by atoms with Crippen LogP contribution in [0.5, 0.6) is 5.75 Å². The molecule has 2 aromatic rings. The van der Waals surface area contributed by atoms with Crippen molar-refractivity contribution in [1.29, 1.82) is 0 Å². The van der Waals surface area contributed by atoms with Crippen LogP contribution in [-0.4, -0.2) is 25.6 Å². The van der Waals surface area contributed by atoms with E-state index in [4.69, 9.17) is 4.74 Å². The fraction of sp³-hybridized carbons (Fsp3) is 0.606. The summed E-state index contributed by atoms with van der Waals surface area (Å²) in [5, 5.41) is 6.25. The van der Waals surface area contributed by atoms with E-state index in [1.165, 1.54) is 89.0 Å². The van der Waals surface area contributed by atoms with Crippen LogP contribution in [-0.2, 0) is 11.2 Å². The van der Waals surface area contributed by atoms with Crippen molar-refractivity contribution < 1.29 is 9.53 Å². The highest BCUT2D eigenvalue weighted by atomic mass is 16.5. The zero-order valence-corrected chi connectivity index (χ0v) is 23.4. The number of benzene rings is 2. The maximum Gasteiger partial charge on any atom is 0.239 e. The van der Waals surface area contributed by atoms with Crippen molar-refractivity contribution in [2.24, 2.45) is 0 Å². The molecule has 0 aliphatic carbocycles. The van der Waals surface area contributed by atoms with Crippen molar-refractivity contribution in [2.45, 2.75) is 110 Å². The summed E-state index contributed by atoms with van der Waals surface area (Å²) in [6, 6.07) is 18.3. The fourth-order valence-corrected chi connectivity index (χ4v) is 4.60. The predicted octanol–water partition coefficient (Wildman–Crippen LogP) is 8.71. The lowest BCUT2D eigenvalue weighted by atomic mass is 10.0. The van der Waals surface area contributed by atoms with Gasteiger partial charge >= 0.3 is 0 Å². The molecule has 2 N–H and O–H groups in total. The lowest BCUT2D eigenvalue weighted by molar-refractivity contribution is -0.119. The average molecular weight is 509 g/mol. The Morgan fingerprint density at radius 3 is 1.97 bits per heavy atom. The lowest BCUT2D eigenvalue weighted by Crippen LogP contribution is -2.30. The van der Waals surface area contributed by atoms with Gasteiger partial charge in [0.05, 0.1) is 13.2 Å². The van der Waals surface area contributed by atoms with Gasteiger partial charge in [-0.25, -0.2) is 0 Å². The molecule has 0 heterocycles. The summed E-state index contributed by atoms with van der Waals surface area (Å²) in [5.74, 6) is 0.879. The van der Waals surface area contributed by atoms with Crippen LogP contribution in [0.25, 0.3) is 0 Å². The molecule has 0 aliphatic heterocycles. The van der Waals surface area contributed by atoms with Crippen LogP contribution in [0, 0.1) is 0 Å². The molecule has 0 saturated carbocycles. The van der Waals surface area contributed by atoms with E-state index >= 15 is 0 Å². The third-order valence-corrected chi connectivity index (χ3v) is 6.86. The maximum absolute atomic E-state index is 12.2. The molecule has 206 valence electrons. The van der Waals surface area contributed by atoms with Crippen molar-refractivity contribution in [2.75, 3.05) is 25.0 Å². The molecule has 0 radical (unpaired) electrons. The molecule has 0 fully saturated rings. The Morgan fingerprint density at radius 1 is 0.703 bits per heavy atom. The predicted molar refractivity (Wildman–Crippen MR) is 159 cm³/mol. The fourth-order valence-electron chi connectivity index (χ4n) is 4.60. The largest absolute Gasteiger partial charge is 0.494 e. The van der Waals surface area contributed by atoms with Gasteiger partial charge in [0.1, 0.15) is 5.75 Å². The van der Waals surface area contributed by atoms with Crippen molar-refractivity contribution in [3.05, 3.63) is 60.2 Å². The standard InChI is InChI=1S/C33H52N2O2/c1-2-3-4-5-6-7-8-9-10-11-12-13-14-18-26-34-33(36)29-35-31-24-19-25-32(28-31)37-27-20-23-30-21-16-15-17-22-30/h15-17,19,21-22,24-25,28,35H,2-14,18,20,23,26-27,29H2,1H3,(H,34,36). The summed E-state index contributed by atoms with van der Waals surface area (Å²) >= 11 is 0. The van der Waals surface area contributed by atoms with Crippen LogP contribution in [0.15, 0.2) is 54.6 Å². The molecular weight excluding hydrogens is 456 g/mol. The molecule has 0 bridgehead atoms. The maximum atomic E-state index is 12.2. The SMILES string of the molecule is CCCCCCCCCCCCCCCCNC(=O)CNc1cccc(OCCCc2ccccc2)c1. The normalized spacial score (nSPS) is 10.8. The molecule has 0 spiro atoms. The first kappa shape index (κ1) is 30.7. The van der Waals surface area contributed by atoms with Crippen LogP contribution in [0.4, 0.5) is 5.69 Å². The number of hydrogen-bond acceptors (Lipinski definition) is 3. The third kappa shape index (κ3) is 16.8. The van der Waals surface area contributed by atoms with E-state index in [2.05, 4.69) is 41.8 Å². The number of hydrogen-bond donors (Lipinski definition) is 2. The Labute approximate surface area is 227 Å². The van der Waals surface area contributed by atoms with Crippen molar-refractivity contribution in [3.63, 3.8) is 0 Å². The molecule has 4 heteroatoms. The Hall–Kier alpha value is -2.49. The summed E-state index contributed by atoms with van der Waals surface area (Å²) in [6.45, 7) is 4.01. The number of nitrogens with one attached hydrogen (secondary N) is 2. The summed E-state index contributed by atoms with van der Waals surface area (Å²) < 4.78 is 5.89. The second-order valence-corrected chi connectivity index (χ2v) is 10.3. The van der Waals surface area contributed by atoms with Gasteiger partial charge in [-0.2, -0.15) is 0 Å². The molecule has 2 aromatic carbocycles. The zero-order valence-electron chi connectivity index (χ0n) is 23.4. The second kappa shape index (κ2) is 21.6. The molecule has 2 rings (SSSR count). The number of carbonyl (C=O) groups excluding carboxylic acids is 1. The van der Waals surface area contributed by atoms with E-state index in [0.717, 1.165) is 37.2 Å². The molecule has 0 aliphatic rings. The number of aryl methyl sites for hydroxylation is 1. The van der Waals surface area contributed by atoms with Crippen molar-refractivity contribution in [3.8, 4) is 5.75 Å². The zero-order chi connectivity index (χ0) is 26.2. The summed E-state index contributed by atoms with van der Waals surface area (Å²) in [4.78, 5) is 12.2. The van der Waals surface area contributed by atoms with Gasteiger partial charge in [0.25, 0.3) is 0 Å². The topological polar surface area (TPSA) is 50.4 Å². The van der Waals surface area contributed by atoms with Gasteiger partial charge in [-0.3, -0.25) is 4.79 Å². The first-order valence-corrected chi connectivity index (χ1v) is 15.1. The number of carbonyl (C=O) groups is 1. The van der Waals surface area contributed by atoms with Crippen molar-refractivity contribution >= 4 is 11.6 Å². The van der Waals surface area contributed by atoms with Crippen LogP contribution in [0.2, 0.25) is 0 Å². The van der Waals surface area contributed by atoms with E-state index in [1.54, 1.807) is 0 Å². The Bertz CT molecular complexity index is 809. The van der Waals surface area contributed by atoms with E-state index in [-0.39, 0.29) is 12.5 Å². The number of amides is 1. The molecular formula is C33H52N2O2. The Morgan fingerprint density at radius 2 is 1.32 bits per heavy atom. The van der Waals surface area contributed by atoms with Gasteiger partial charge < -0.3 is 15.4 Å². The minimum absolute atomic E-state index is 0.0453. The van der Waals surface area contributed by atoms with Crippen LogP contribution in [0.1, 0.15) is 109 Å². The molecule has 0 atom stereocenters. The van der Waals surface area contributed by atoms with Gasteiger partial charge in [-0.15, -0.1) is 0 Å². The van der Waals surface area contributed by atoms with Gasteiger partial charge in [0.15, 0.2) is 0 Å². The minimum Gasteiger partial charge on any atom is -0.494 e. The molecule has 0 aromatic heterocycles. The number of unbranched alkanes of at least 4 members (excludes halogenated alkanes) is 13. The third-order valence-electron chi connectivity index (χ3n) is 6.86. The van der Waals surface area contributed by atoms with Crippen LogP contribution in [0.3, 0.4) is 0 Å². The highest BCUT2D eigenvalue weighted by Gasteiger charge is 2.03. The van der Waals surface area contributed by atoms with Gasteiger partial charge in [-0.1, -0.05) is 127 Å². The molecule has 4 nitrogen and oxygen atoms in total. The number of anilines is 1. The van der Waals surface area contributed by atoms with E-state index in [0.29, 0.717) is 6.61 Å². The average Bonchev–Trinajstić information content (AvgIpc) is 2.93. The van der Waals surface area contributed by atoms with Crippen LogP contribution >= 0.6 is 0 Å². The lowest BCUT2D eigenvalue weighted by Gasteiger charge is -2.10. The summed E-state index contributed by atoms with van der Waals surface area (Å²) in [5.41, 5.74) is 2.24. The molecule has 0 unspecified atom stereocenters. The van der Waals surface area contributed by atoms with Crippen LogP contribution < -0.4 is 15.4 Å². The first-order valence-electron chi connectivity index (χ1n) is 15.1. The molecule has 37 heavy (non-hydrogen) atoms. The number of ether oxygens (including phenoxy) is 1. The van der Waals surface area contributed by atoms with Gasteiger partial charge in [-0.05, 0) is 37.0 Å².